The van der Waals surface area contributed by atoms with Crippen molar-refractivity contribution < 1.29 is 33.2 Å². The van der Waals surface area contributed by atoms with Gasteiger partial charge in [0.15, 0.2) is 23.0 Å². The average Bonchev–Trinajstić information content (AvgIpc) is 3.55. The summed E-state index contributed by atoms with van der Waals surface area (Å²) in [7, 11) is 0. The minimum atomic E-state index is -0.353. The zero-order chi connectivity index (χ0) is 24.2. The fraction of sp³-hybridized carbons (Fsp3) is 0.393. The summed E-state index contributed by atoms with van der Waals surface area (Å²) in [4.78, 5) is 13.3. The molecular weight excluding hydrogens is 448 g/mol. The van der Waals surface area contributed by atoms with Gasteiger partial charge in [-0.1, -0.05) is 38.8 Å². The molecule has 2 aliphatic rings. The molecule has 0 spiro atoms. The van der Waals surface area contributed by atoms with E-state index in [0.29, 0.717) is 41.8 Å². The van der Waals surface area contributed by atoms with E-state index in [2.05, 4.69) is 13.8 Å². The van der Waals surface area contributed by atoms with Crippen molar-refractivity contribution in [2.45, 2.75) is 46.1 Å². The quantitative estimate of drug-likeness (QED) is 0.252. The van der Waals surface area contributed by atoms with E-state index in [4.69, 9.17) is 28.4 Å². The monoisotopic (exact) mass is 478 g/mol. The second-order valence-corrected chi connectivity index (χ2v) is 8.64. The van der Waals surface area contributed by atoms with Crippen LogP contribution >= 0.6 is 0 Å². The lowest BCUT2D eigenvalue weighted by molar-refractivity contribution is 0.0492. The van der Waals surface area contributed by atoms with Crippen LogP contribution in [0.3, 0.4) is 0 Å². The SMILES string of the molecule is CCCCOCc1c(C(=O)OCCCC)cc2ccc3c(c2c1-c1ccc2c(c1)OCO2)OCO3. The van der Waals surface area contributed by atoms with Gasteiger partial charge >= 0.3 is 5.97 Å². The predicted molar refractivity (Wildman–Crippen MR) is 131 cm³/mol. The molecule has 3 aromatic rings. The molecular formula is C28H30O7. The molecule has 2 aliphatic heterocycles. The normalized spacial score (nSPS) is 13.4. The number of esters is 1. The maximum atomic E-state index is 13.3. The van der Waals surface area contributed by atoms with Gasteiger partial charge in [0.2, 0.25) is 13.6 Å². The molecule has 0 fully saturated rings. The van der Waals surface area contributed by atoms with Crippen LogP contribution in [-0.2, 0) is 16.1 Å². The third-order valence-corrected chi connectivity index (χ3v) is 6.25. The molecule has 2 heterocycles. The molecule has 0 atom stereocenters. The van der Waals surface area contributed by atoms with Crippen molar-refractivity contribution >= 4 is 16.7 Å². The molecule has 184 valence electrons. The van der Waals surface area contributed by atoms with Crippen LogP contribution in [0.1, 0.15) is 55.5 Å². The second-order valence-electron chi connectivity index (χ2n) is 8.64. The Hall–Kier alpha value is -3.45. The molecule has 7 heteroatoms. The van der Waals surface area contributed by atoms with Crippen molar-refractivity contribution in [2.75, 3.05) is 26.8 Å². The van der Waals surface area contributed by atoms with Crippen LogP contribution in [-0.4, -0.2) is 32.8 Å². The molecule has 0 N–H and O–H groups in total. The second kappa shape index (κ2) is 10.4. The van der Waals surface area contributed by atoms with Gasteiger partial charge in [-0.15, -0.1) is 0 Å². The first-order valence-corrected chi connectivity index (χ1v) is 12.2. The highest BCUT2D eigenvalue weighted by atomic mass is 16.7. The number of benzene rings is 3. The third kappa shape index (κ3) is 4.60. The first kappa shape index (κ1) is 23.3. The zero-order valence-electron chi connectivity index (χ0n) is 20.2. The highest BCUT2D eigenvalue weighted by molar-refractivity contribution is 6.09. The minimum absolute atomic E-state index is 0.151. The lowest BCUT2D eigenvalue weighted by Gasteiger charge is -2.19. The van der Waals surface area contributed by atoms with Gasteiger partial charge in [0, 0.05) is 17.6 Å². The van der Waals surface area contributed by atoms with Gasteiger partial charge < -0.3 is 28.4 Å². The van der Waals surface area contributed by atoms with Crippen LogP contribution in [0.4, 0.5) is 0 Å². The molecule has 0 bridgehead atoms. The first-order chi connectivity index (χ1) is 17.2. The Labute approximate surface area is 204 Å². The van der Waals surface area contributed by atoms with Crippen molar-refractivity contribution in [3.05, 3.63) is 47.5 Å². The van der Waals surface area contributed by atoms with Gasteiger partial charge in [0.1, 0.15) is 0 Å². The standard InChI is InChI=1S/C28H30O7/c1-3-5-11-30-15-21-20(28(29)31-12-6-4-2)13-18-8-10-23-27(35-17-33-23)26(18)25(21)19-7-9-22-24(14-19)34-16-32-22/h7-10,13-14H,3-6,11-12,15-17H2,1-2H3. The number of carbonyl (C=O) groups is 1. The Morgan fingerprint density at radius 2 is 1.60 bits per heavy atom. The molecule has 0 aliphatic carbocycles. The van der Waals surface area contributed by atoms with Crippen LogP contribution in [0.2, 0.25) is 0 Å². The Balaban J connectivity index is 1.71. The highest BCUT2D eigenvalue weighted by Crippen LogP contribution is 2.48. The van der Waals surface area contributed by atoms with E-state index >= 15 is 0 Å². The lowest BCUT2D eigenvalue weighted by Crippen LogP contribution is -2.12. The van der Waals surface area contributed by atoms with Gasteiger partial charge in [-0.25, -0.2) is 4.79 Å². The summed E-state index contributed by atoms with van der Waals surface area (Å²) in [5.74, 6) is 2.34. The van der Waals surface area contributed by atoms with Crippen LogP contribution < -0.4 is 18.9 Å². The largest absolute Gasteiger partial charge is 0.462 e. The molecule has 0 unspecified atom stereocenters. The summed E-state index contributed by atoms with van der Waals surface area (Å²) < 4.78 is 34.5. The maximum Gasteiger partial charge on any atom is 0.338 e. The molecule has 0 radical (unpaired) electrons. The van der Waals surface area contributed by atoms with E-state index in [9.17, 15) is 4.79 Å². The van der Waals surface area contributed by atoms with E-state index in [1.54, 1.807) is 0 Å². The Kier molecular flexibility index (Phi) is 6.95. The molecule has 0 amide bonds. The van der Waals surface area contributed by atoms with Gasteiger partial charge in [0.05, 0.1) is 18.8 Å². The number of rotatable bonds is 10. The minimum Gasteiger partial charge on any atom is -0.462 e. The average molecular weight is 479 g/mol. The summed E-state index contributed by atoms with van der Waals surface area (Å²) in [5, 5.41) is 1.74. The van der Waals surface area contributed by atoms with Gasteiger partial charge in [0.25, 0.3) is 0 Å². The Morgan fingerprint density at radius 1 is 0.857 bits per heavy atom. The maximum absolute atomic E-state index is 13.3. The smallest absolute Gasteiger partial charge is 0.338 e. The van der Waals surface area contributed by atoms with Crippen LogP contribution in [0.5, 0.6) is 23.0 Å². The number of unbranched alkanes of at least 4 members (excludes halogenated alkanes) is 2. The topological polar surface area (TPSA) is 72.5 Å². The van der Waals surface area contributed by atoms with Crippen LogP contribution in [0.25, 0.3) is 21.9 Å². The number of hydrogen-bond donors (Lipinski definition) is 0. The van der Waals surface area contributed by atoms with Crippen molar-refractivity contribution in [3.63, 3.8) is 0 Å². The molecule has 3 aromatic carbocycles. The first-order valence-electron chi connectivity index (χ1n) is 12.2. The molecule has 35 heavy (non-hydrogen) atoms. The highest BCUT2D eigenvalue weighted by Gasteiger charge is 2.27. The number of fused-ring (bicyclic) bond motifs is 4. The summed E-state index contributed by atoms with van der Waals surface area (Å²) in [6, 6.07) is 11.5. The number of hydrogen-bond acceptors (Lipinski definition) is 7. The van der Waals surface area contributed by atoms with Crippen LogP contribution in [0, 0.1) is 0 Å². The summed E-state index contributed by atoms with van der Waals surface area (Å²) in [6.45, 7) is 5.77. The van der Waals surface area contributed by atoms with E-state index in [1.807, 2.05) is 36.4 Å². The van der Waals surface area contributed by atoms with E-state index in [1.165, 1.54) is 0 Å². The summed E-state index contributed by atoms with van der Waals surface area (Å²) in [5.41, 5.74) is 2.98. The fourth-order valence-corrected chi connectivity index (χ4v) is 4.40. The third-order valence-electron chi connectivity index (χ3n) is 6.25. The molecule has 5 rings (SSSR count). The van der Waals surface area contributed by atoms with E-state index in [-0.39, 0.29) is 26.2 Å². The lowest BCUT2D eigenvalue weighted by atomic mass is 9.89. The zero-order valence-corrected chi connectivity index (χ0v) is 20.2. The summed E-state index contributed by atoms with van der Waals surface area (Å²) in [6.07, 6.45) is 3.73. The van der Waals surface area contributed by atoms with Crippen molar-refractivity contribution in [1.82, 2.24) is 0 Å². The Bertz CT molecular complexity index is 1230. The van der Waals surface area contributed by atoms with Crippen LogP contribution in [0.15, 0.2) is 36.4 Å². The Morgan fingerprint density at radius 3 is 2.46 bits per heavy atom. The molecule has 0 saturated carbocycles. The van der Waals surface area contributed by atoms with E-state index in [0.717, 1.165) is 53.1 Å². The number of carbonyl (C=O) groups excluding carboxylic acids is 1. The van der Waals surface area contributed by atoms with E-state index < -0.39 is 0 Å². The molecule has 0 aromatic heterocycles. The van der Waals surface area contributed by atoms with Crippen molar-refractivity contribution in [2.24, 2.45) is 0 Å². The summed E-state index contributed by atoms with van der Waals surface area (Å²) >= 11 is 0. The number of ether oxygens (including phenoxy) is 6. The van der Waals surface area contributed by atoms with Gasteiger partial charge in [-0.3, -0.25) is 0 Å². The molecule has 7 nitrogen and oxygen atoms in total. The molecule has 0 saturated heterocycles. The van der Waals surface area contributed by atoms with Crippen molar-refractivity contribution in [1.29, 1.82) is 0 Å². The fourth-order valence-electron chi connectivity index (χ4n) is 4.40. The van der Waals surface area contributed by atoms with Gasteiger partial charge in [-0.05, 0) is 53.6 Å². The van der Waals surface area contributed by atoms with Gasteiger partial charge in [-0.2, -0.15) is 0 Å². The predicted octanol–water partition coefficient (Wildman–Crippen LogP) is 6.24. The van der Waals surface area contributed by atoms with Crippen molar-refractivity contribution in [3.8, 4) is 34.1 Å².